The zero-order valence-electron chi connectivity index (χ0n) is 11.4. The van der Waals surface area contributed by atoms with Gasteiger partial charge in [-0.1, -0.05) is 18.2 Å². The molecule has 0 saturated carbocycles. The van der Waals surface area contributed by atoms with Gasteiger partial charge in [0.1, 0.15) is 12.1 Å². The first-order valence-corrected chi connectivity index (χ1v) is 7.07. The van der Waals surface area contributed by atoms with E-state index >= 15 is 0 Å². The molecule has 6 heteroatoms. The second-order valence-electron chi connectivity index (χ2n) is 4.75. The van der Waals surface area contributed by atoms with Gasteiger partial charge in [-0.2, -0.15) is 4.98 Å². The number of para-hydroxylation sites is 1. The van der Waals surface area contributed by atoms with E-state index in [2.05, 4.69) is 21.4 Å². The number of nitrogens with one attached hydrogen (secondary N) is 1. The Bertz CT molecular complexity index is 930. The number of anilines is 2. The first-order valence-electron chi connectivity index (χ1n) is 6.69. The van der Waals surface area contributed by atoms with E-state index in [0.717, 1.165) is 28.1 Å². The van der Waals surface area contributed by atoms with Crippen molar-refractivity contribution in [3.8, 4) is 5.82 Å². The quantitative estimate of drug-likeness (QED) is 0.569. The summed E-state index contributed by atoms with van der Waals surface area (Å²) in [6.07, 6.45) is 6.92. The monoisotopic (exact) mass is 310 g/mol. The van der Waals surface area contributed by atoms with Crippen LogP contribution >= 0.6 is 11.6 Å². The van der Waals surface area contributed by atoms with Crippen molar-refractivity contribution in [3.63, 3.8) is 0 Å². The van der Waals surface area contributed by atoms with Crippen LogP contribution in [0.15, 0.2) is 65.7 Å². The van der Waals surface area contributed by atoms with E-state index in [9.17, 15) is 0 Å². The average Bonchev–Trinajstić information content (AvgIpc) is 3.16. The molecule has 0 unspecified atom stereocenters. The highest BCUT2D eigenvalue weighted by Crippen LogP contribution is 2.30. The van der Waals surface area contributed by atoms with Gasteiger partial charge in [-0.25, -0.2) is 4.98 Å². The third-order valence-electron chi connectivity index (χ3n) is 3.37. The van der Waals surface area contributed by atoms with Crippen LogP contribution < -0.4 is 5.32 Å². The summed E-state index contributed by atoms with van der Waals surface area (Å²) in [5.41, 5.74) is 2.89. The molecule has 0 aliphatic heterocycles. The number of aromatic nitrogens is 3. The Kier molecular flexibility index (Phi) is 3.05. The van der Waals surface area contributed by atoms with E-state index in [1.54, 1.807) is 18.7 Å². The molecular formula is C16H11ClN4O. The Hall–Kier alpha value is -2.79. The number of rotatable bonds is 3. The summed E-state index contributed by atoms with van der Waals surface area (Å²) >= 11 is 5.90. The van der Waals surface area contributed by atoms with Gasteiger partial charge in [-0.3, -0.25) is 4.57 Å². The molecule has 1 aromatic carbocycles. The third-order valence-corrected chi connectivity index (χ3v) is 3.55. The molecule has 3 aromatic heterocycles. The van der Waals surface area contributed by atoms with Gasteiger partial charge >= 0.3 is 0 Å². The first-order chi connectivity index (χ1) is 10.8. The van der Waals surface area contributed by atoms with E-state index in [1.807, 2.05) is 41.1 Å². The average molecular weight is 311 g/mol. The number of nitrogens with zero attached hydrogens (tertiary/aromatic N) is 3. The Labute approximate surface area is 131 Å². The maximum Gasteiger partial charge on any atom is 0.224 e. The Morgan fingerprint density at radius 1 is 1.14 bits per heavy atom. The summed E-state index contributed by atoms with van der Waals surface area (Å²) in [5.74, 6) is 0.719. The molecule has 4 aromatic rings. The van der Waals surface area contributed by atoms with E-state index < -0.39 is 0 Å². The lowest BCUT2D eigenvalue weighted by atomic mass is 10.2. The fourth-order valence-corrected chi connectivity index (χ4v) is 2.56. The molecule has 0 aliphatic rings. The Morgan fingerprint density at radius 2 is 2.05 bits per heavy atom. The molecular weight excluding hydrogens is 300 g/mol. The minimum Gasteiger partial charge on any atom is -0.470 e. The summed E-state index contributed by atoms with van der Waals surface area (Å²) in [6, 6.07) is 11.8. The molecule has 1 N–H and O–H groups in total. The van der Waals surface area contributed by atoms with Crippen LogP contribution in [0.5, 0.6) is 0 Å². The lowest BCUT2D eigenvalue weighted by Gasteiger charge is -2.03. The fraction of sp³-hybridized carbons (Fsp3) is 0. The van der Waals surface area contributed by atoms with Crippen molar-refractivity contribution < 1.29 is 4.42 Å². The Morgan fingerprint density at radius 3 is 2.86 bits per heavy atom. The van der Waals surface area contributed by atoms with Crippen LogP contribution in [0.2, 0.25) is 5.28 Å². The number of benzene rings is 1. The molecule has 5 nitrogen and oxygen atoms in total. The highest BCUT2D eigenvalue weighted by molar-refractivity contribution is 6.28. The number of furan rings is 1. The largest absolute Gasteiger partial charge is 0.470 e. The molecule has 108 valence electrons. The molecule has 4 rings (SSSR count). The van der Waals surface area contributed by atoms with Crippen molar-refractivity contribution in [1.82, 2.24) is 14.5 Å². The number of hydrogen-bond donors (Lipinski definition) is 1. The van der Waals surface area contributed by atoms with Crippen molar-refractivity contribution in [1.29, 1.82) is 0 Å². The first kappa shape index (κ1) is 12.9. The highest BCUT2D eigenvalue weighted by Gasteiger charge is 2.11. The molecule has 0 atom stereocenters. The van der Waals surface area contributed by atoms with Gasteiger partial charge in [0, 0.05) is 17.8 Å². The maximum atomic E-state index is 5.90. The summed E-state index contributed by atoms with van der Waals surface area (Å²) in [7, 11) is 0. The maximum absolute atomic E-state index is 5.90. The van der Waals surface area contributed by atoms with Crippen LogP contribution in [0.3, 0.4) is 0 Å². The summed E-state index contributed by atoms with van der Waals surface area (Å²) in [6.45, 7) is 0. The van der Waals surface area contributed by atoms with Crippen LogP contribution in [-0.2, 0) is 0 Å². The molecule has 0 aliphatic carbocycles. The topological polar surface area (TPSA) is 55.9 Å². The lowest BCUT2D eigenvalue weighted by molar-refractivity contribution is 0.568. The SMILES string of the molecule is Clc1nccc(-n2cc(Nc3ccoc3)c3ccccc32)n1. The van der Waals surface area contributed by atoms with Crippen molar-refractivity contribution in [2.75, 3.05) is 5.32 Å². The summed E-state index contributed by atoms with van der Waals surface area (Å²) in [4.78, 5) is 8.20. The molecule has 3 heterocycles. The highest BCUT2D eigenvalue weighted by atomic mass is 35.5. The van der Waals surface area contributed by atoms with Crippen LogP contribution in [0.1, 0.15) is 0 Å². The molecule has 22 heavy (non-hydrogen) atoms. The fourth-order valence-electron chi connectivity index (χ4n) is 2.42. The van der Waals surface area contributed by atoms with Crippen LogP contribution in [0.25, 0.3) is 16.7 Å². The molecule has 0 fully saturated rings. The normalized spacial score (nSPS) is 11.0. The van der Waals surface area contributed by atoms with Crippen molar-refractivity contribution in [3.05, 3.63) is 66.6 Å². The predicted molar refractivity (Wildman–Crippen MR) is 85.9 cm³/mol. The summed E-state index contributed by atoms with van der Waals surface area (Å²) in [5, 5.41) is 4.64. The van der Waals surface area contributed by atoms with Crippen molar-refractivity contribution in [2.24, 2.45) is 0 Å². The molecule has 0 bridgehead atoms. The zero-order chi connectivity index (χ0) is 14.9. The third kappa shape index (κ3) is 2.21. The van der Waals surface area contributed by atoms with Gasteiger partial charge in [0.2, 0.25) is 5.28 Å². The minimum absolute atomic E-state index is 0.222. The number of halogens is 1. The van der Waals surface area contributed by atoms with E-state index in [4.69, 9.17) is 16.0 Å². The second kappa shape index (κ2) is 5.20. The smallest absolute Gasteiger partial charge is 0.224 e. The lowest BCUT2D eigenvalue weighted by Crippen LogP contribution is -1.96. The standard InChI is InChI=1S/C16H11ClN4O/c17-16-18-7-5-15(20-16)21-9-13(19-11-6-8-22-10-11)12-3-1-2-4-14(12)21/h1-10,19H. The molecule has 0 spiro atoms. The van der Waals surface area contributed by atoms with Crippen molar-refractivity contribution in [2.45, 2.75) is 0 Å². The molecule has 0 radical (unpaired) electrons. The number of fused-ring (bicyclic) bond motifs is 1. The predicted octanol–water partition coefficient (Wildman–Crippen LogP) is 4.41. The van der Waals surface area contributed by atoms with Gasteiger partial charge in [0.05, 0.1) is 23.2 Å². The van der Waals surface area contributed by atoms with Crippen LogP contribution in [-0.4, -0.2) is 14.5 Å². The van der Waals surface area contributed by atoms with Gasteiger partial charge in [-0.15, -0.1) is 0 Å². The molecule has 0 amide bonds. The molecule has 0 saturated heterocycles. The number of hydrogen-bond acceptors (Lipinski definition) is 4. The van der Waals surface area contributed by atoms with Gasteiger partial charge in [0.25, 0.3) is 0 Å². The second-order valence-corrected chi connectivity index (χ2v) is 5.09. The summed E-state index contributed by atoms with van der Waals surface area (Å²) < 4.78 is 7.08. The van der Waals surface area contributed by atoms with Crippen LogP contribution in [0.4, 0.5) is 11.4 Å². The minimum atomic E-state index is 0.222. The van der Waals surface area contributed by atoms with Crippen LogP contribution in [0, 0.1) is 0 Å². The zero-order valence-corrected chi connectivity index (χ0v) is 12.2. The van der Waals surface area contributed by atoms with E-state index in [1.165, 1.54) is 0 Å². The van der Waals surface area contributed by atoms with Gasteiger partial charge in [-0.05, 0) is 29.8 Å². The Balaban J connectivity index is 1.89. The van der Waals surface area contributed by atoms with Gasteiger partial charge in [0.15, 0.2) is 0 Å². The van der Waals surface area contributed by atoms with E-state index in [0.29, 0.717) is 0 Å². The van der Waals surface area contributed by atoms with Crippen molar-refractivity contribution >= 4 is 33.9 Å². The van der Waals surface area contributed by atoms with Gasteiger partial charge < -0.3 is 9.73 Å². The van der Waals surface area contributed by atoms with E-state index in [-0.39, 0.29) is 5.28 Å².